The molecular weight excluding hydrogens is 218 g/mol. The van der Waals surface area contributed by atoms with Gasteiger partial charge in [0.05, 0.1) is 5.56 Å². The summed E-state index contributed by atoms with van der Waals surface area (Å²) in [6.07, 6.45) is 0.112. The molecule has 1 aromatic rings. The van der Waals surface area contributed by atoms with Crippen LogP contribution >= 0.6 is 0 Å². The minimum Gasteiger partial charge on any atom is -0.440 e. The highest BCUT2D eigenvalue weighted by molar-refractivity contribution is 7.89. The van der Waals surface area contributed by atoms with Gasteiger partial charge in [-0.1, -0.05) is 18.2 Å². The molecule has 1 heterocycles. The van der Waals surface area contributed by atoms with Crippen LogP contribution in [0.15, 0.2) is 24.3 Å². The van der Waals surface area contributed by atoms with E-state index >= 15 is 0 Å². The quantitative estimate of drug-likeness (QED) is 0.685. The van der Waals surface area contributed by atoms with Crippen molar-refractivity contribution in [1.29, 1.82) is 0 Å². The fourth-order valence-electron chi connectivity index (χ4n) is 1.48. The number of hydrogen-bond donors (Lipinski definition) is 1. The highest BCUT2D eigenvalue weighted by Crippen LogP contribution is 2.21. The van der Waals surface area contributed by atoms with Crippen molar-refractivity contribution in [2.75, 3.05) is 0 Å². The molecule has 1 aliphatic rings. The first-order chi connectivity index (χ1) is 6.98. The summed E-state index contributed by atoms with van der Waals surface area (Å²) < 4.78 is 26.8. The predicted molar refractivity (Wildman–Crippen MR) is 52.5 cm³/mol. The second kappa shape index (κ2) is 3.32. The Bertz CT molecular complexity index is 509. The fraction of sp³-hybridized carbons (Fsp3) is 0.222. The molecule has 0 bridgehead atoms. The van der Waals surface area contributed by atoms with Gasteiger partial charge < -0.3 is 4.74 Å². The Hall–Kier alpha value is -1.40. The number of cyclic esters (lactones) is 1. The summed E-state index contributed by atoms with van der Waals surface area (Å²) in [6.45, 7) is 0. The lowest BCUT2D eigenvalue weighted by atomic mass is 10.0. The first-order valence-electron chi connectivity index (χ1n) is 4.29. The number of ether oxygens (including phenoxy) is 1. The molecule has 0 saturated carbocycles. The van der Waals surface area contributed by atoms with E-state index in [4.69, 9.17) is 9.88 Å². The average Bonchev–Trinajstić information content (AvgIpc) is 2.16. The Morgan fingerprint density at radius 1 is 1.33 bits per heavy atom. The number of carbonyl (C=O) groups is 1. The number of hydrogen-bond acceptors (Lipinski definition) is 4. The zero-order chi connectivity index (χ0) is 11.1. The van der Waals surface area contributed by atoms with Crippen molar-refractivity contribution in [2.24, 2.45) is 5.14 Å². The second-order valence-electron chi connectivity index (χ2n) is 3.29. The number of fused-ring (bicyclic) bond motifs is 1. The third kappa shape index (κ3) is 1.86. The SMILES string of the molecule is NS(=O)(=O)C1Cc2ccccc2C(=O)O1. The van der Waals surface area contributed by atoms with Gasteiger partial charge in [0.25, 0.3) is 0 Å². The van der Waals surface area contributed by atoms with Crippen molar-refractivity contribution in [3.05, 3.63) is 35.4 Å². The highest BCUT2D eigenvalue weighted by atomic mass is 32.2. The summed E-state index contributed by atoms with van der Waals surface area (Å²) >= 11 is 0. The Morgan fingerprint density at radius 3 is 2.67 bits per heavy atom. The number of rotatable bonds is 1. The molecule has 5 nitrogen and oxygen atoms in total. The summed E-state index contributed by atoms with van der Waals surface area (Å²) in [5, 5.41) is 4.92. The Balaban J connectivity index is 2.43. The lowest BCUT2D eigenvalue weighted by Crippen LogP contribution is -2.38. The molecule has 0 amide bonds. The molecule has 0 aliphatic carbocycles. The molecule has 0 fully saturated rings. The third-order valence-electron chi connectivity index (χ3n) is 2.23. The fourth-order valence-corrected chi connectivity index (χ4v) is 2.12. The van der Waals surface area contributed by atoms with Crippen molar-refractivity contribution >= 4 is 16.0 Å². The van der Waals surface area contributed by atoms with Crippen LogP contribution in [0.2, 0.25) is 0 Å². The monoisotopic (exact) mass is 227 g/mol. The van der Waals surface area contributed by atoms with Crippen LogP contribution in [-0.2, 0) is 21.2 Å². The minimum atomic E-state index is -3.84. The molecule has 0 saturated heterocycles. The number of nitrogens with two attached hydrogens (primary N) is 1. The van der Waals surface area contributed by atoms with Crippen LogP contribution in [0.25, 0.3) is 0 Å². The molecule has 6 heteroatoms. The van der Waals surface area contributed by atoms with E-state index in [1.807, 2.05) is 0 Å². The predicted octanol–water partition coefficient (Wildman–Crippen LogP) is 0.0141. The van der Waals surface area contributed by atoms with Crippen molar-refractivity contribution in [2.45, 2.75) is 11.9 Å². The summed E-state index contributed by atoms with van der Waals surface area (Å²) in [4.78, 5) is 11.4. The van der Waals surface area contributed by atoms with Crippen LogP contribution in [0, 0.1) is 0 Å². The number of esters is 1. The maximum absolute atomic E-state index is 11.4. The van der Waals surface area contributed by atoms with Gasteiger partial charge >= 0.3 is 5.97 Å². The van der Waals surface area contributed by atoms with Crippen molar-refractivity contribution < 1.29 is 17.9 Å². The van der Waals surface area contributed by atoms with Gasteiger partial charge in [0, 0.05) is 6.42 Å². The van der Waals surface area contributed by atoms with Gasteiger partial charge in [-0.25, -0.2) is 18.4 Å². The zero-order valence-electron chi connectivity index (χ0n) is 7.71. The molecule has 1 unspecified atom stereocenters. The van der Waals surface area contributed by atoms with Crippen LogP contribution in [0.1, 0.15) is 15.9 Å². The summed E-state index contributed by atoms with van der Waals surface area (Å²) in [5.74, 6) is -0.643. The van der Waals surface area contributed by atoms with Gasteiger partial charge in [0.2, 0.25) is 15.5 Å². The number of carbonyl (C=O) groups excluding carboxylic acids is 1. The topological polar surface area (TPSA) is 86.5 Å². The zero-order valence-corrected chi connectivity index (χ0v) is 8.53. The van der Waals surface area contributed by atoms with Crippen LogP contribution in [0.3, 0.4) is 0 Å². The highest BCUT2D eigenvalue weighted by Gasteiger charge is 2.32. The molecule has 1 atom stereocenters. The van der Waals surface area contributed by atoms with Crippen LogP contribution in [0.4, 0.5) is 0 Å². The van der Waals surface area contributed by atoms with Gasteiger partial charge in [-0.05, 0) is 11.6 Å². The van der Waals surface area contributed by atoms with Gasteiger partial charge in [0.1, 0.15) is 0 Å². The first-order valence-corrected chi connectivity index (χ1v) is 5.90. The van der Waals surface area contributed by atoms with Crippen LogP contribution in [-0.4, -0.2) is 19.8 Å². The Labute approximate surface area is 86.9 Å². The summed E-state index contributed by atoms with van der Waals surface area (Å²) in [7, 11) is -3.84. The average molecular weight is 227 g/mol. The molecule has 0 spiro atoms. The summed E-state index contributed by atoms with van der Waals surface area (Å²) in [5.41, 5.74) is -0.218. The van der Waals surface area contributed by atoms with Crippen molar-refractivity contribution in [3.8, 4) is 0 Å². The molecule has 1 aliphatic heterocycles. The molecular formula is C9H9NO4S. The third-order valence-corrected chi connectivity index (χ3v) is 3.22. The van der Waals surface area contributed by atoms with Gasteiger partial charge in [-0.3, -0.25) is 0 Å². The van der Waals surface area contributed by atoms with Gasteiger partial charge in [-0.2, -0.15) is 0 Å². The van der Waals surface area contributed by atoms with E-state index in [0.717, 1.165) is 0 Å². The molecule has 0 aromatic heterocycles. The molecule has 15 heavy (non-hydrogen) atoms. The largest absolute Gasteiger partial charge is 0.440 e. The van der Waals surface area contributed by atoms with E-state index in [1.165, 1.54) is 0 Å². The Kier molecular flexibility index (Phi) is 2.24. The molecule has 1 aromatic carbocycles. The van der Waals surface area contributed by atoms with E-state index in [2.05, 4.69) is 0 Å². The van der Waals surface area contributed by atoms with E-state index in [1.54, 1.807) is 24.3 Å². The van der Waals surface area contributed by atoms with Crippen LogP contribution < -0.4 is 5.14 Å². The standard InChI is InChI=1S/C9H9NO4S/c10-15(12,13)8-5-6-3-1-2-4-7(6)9(11)14-8/h1-4,8H,5H2,(H2,10,12,13). The van der Waals surface area contributed by atoms with E-state index in [0.29, 0.717) is 11.1 Å². The smallest absolute Gasteiger partial charge is 0.339 e. The molecule has 0 radical (unpaired) electrons. The first kappa shape index (κ1) is 10.1. The molecule has 80 valence electrons. The summed E-state index contributed by atoms with van der Waals surface area (Å²) in [6, 6.07) is 6.71. The van der Waals surface area contributed by atoms with E-state index < -0.39 is 21.4 Å². The normalized spacial score (nSPS) is 20.6. The lowest BCUT2D eigenvalue weighted by molar-refractivity contribution is 0.0410. The van der Waals surface area contributed by atoms with Crippen molar-refractivity contribution in [1.82, 2.24) is 0 Å². The van der Waals surface area contributed by atoms with Crippen molar-refractivity contribution in [3.63, 3.8) is 0 Å². The molecule has 2 N–H and O–H groups in total. The maximum atomic E-state index is 11.4. The Morgan fingerprint density at radius 2 is 2.00 bits per heavy atom. The number of sulfonamides is 1. The minimum absolute atomic E-state index is 0.112. The van der Waals surface area contributed by atoms with Crippen LogP contribution in [0.5, 0.6) is 0 Å². The molecule has 2 rings (SSSR count). The number of primary sulfonamides is 1. The van der Waals surface area contributed by atoms with Gasteiger partial charge in [0.15, 0.2) is 0 Å². The lowest BCUT2D eigenvalue weighted by Gasteiger charge is -2.22. The maximum Gasteiger partial charge on any atom is 0.339 e. The van der Waals surface area contributed by atoms with Gasteiger partial charge in [-0.15, -0.1) is 0 Å². The second-order valence-corrected chi connectivity index (χ2v) is 4.99. The van der Waals surface area contributed by atoms with E-state index in [9.17, 15) is 13.2 Å². The van der Waals surface area contributed by atoms with E-state index in [-0.39, 0.29) is 6.42 Å². The number of benzene rings is 1.